The first-order chi connectivity index (χ1) is 9.74. The van der Waals surface area contributed by atoms with Crippen molar-refractivity contribution >= 4 is 32.7 Å². The summed E-state index contributed by atoms with van der Waals surface area (Å²) in [7, 11) is -3.25. The molecule has 21 heavy (non-hydrogen) atoms. The van der Waals surface area contributed by atoms with Gasteiger partial charge >= 0.3 is 0 Å². The Kier molecular flexibility index (Phi) is 4.58. The summed E-state index contributed by atoms with van der Waals surface area (Å²) in [5, 5.41) is 3.41. The maximum atomic E-state index is 11.3. The Morgan fingerprint density at radius 1 is 1.14 bits per heavy atom. The van der Waals surface area contributed by atoms with Gasteiger partial charge in [-0.2, -0.15) is 0 Å². The van der Waals surface area contributed by atoms with Crippen molar-refractivity contribution in [2.45, 2.75) is 26.8 Å². The molecule has 2 rings (SSSR count). The molecule has 0 aliphatic rings. The summed E-state index contributed by atoms with van der Waals surface area (Å²) in [6.07, 6.45) is 1.15. The SMILES string of the molecule is Cc1cc(C(C)Nc2cccc(NS(C)(=O)=O)c2)c(C)s1. The fourth-order valence-electron chi connectivity index (χ4n) is 2.29. The van der Waals surface area contributed by atoms with Crippen LogP contribution in [-0.2, 0) is 10.0 Å². The van der Waals surface area contributed by atoms with E-state index in [2.05, 4.69) is 36.9 Å². The summed E-state index contributed by atoms with van der Waals surface area (Å²) in [6.45, 7) is 6.32. The lowest BCUT2D eigenvalue weighted by Gasteiger charge is -2.16. The average molecular weight is 324 g/mol. The van der Waals surface area contributed by atoms with E-state index in [0.717, 1.165) is 11.9 Å². The molecule has 0 aliphatic heterocycles. The van der Waals surface area contributed by atoms with E-state index in [0.29, 0.717) is 5.69 Å². The molecule has 1 unspecified atom stereocenters. The van der Waals surface area contributed by atoms with Crippen LogP contribution in [-0.4, -0.2) is 14.7 Å². The van der Waals surface area contributed by atoms with Crippen LogP contribution in [0.25, 0.3) is 0 Å². The predicted octanol–water partition coefficient (Wildman–Crippen LogP) is 3.91. The quantitative estimate of drug-likeness (QED) is 0.876. The summed E-state index contributed by atoms with van der Waals surface area (Å²) in [5.74, 6) is 0. The molecule has 0 saturated heterocycles. The van der Waals surface area contributed by atoms with Crippen LogP contribution in [0, 0.1) is 13.8 Å². The van der Waals surface area contributed by atoms with Gasteiger partial charge in [-0.1, -0.05) is 6.07 Å². The first-order valence-electron chi connectivity index (χ1n) is 6.66. The summed E-state index contributed by atoms with van der Waals surface area (Å²) >= 11 is 1.79. The molecule has 1 heterocycles. The number of rotatable bonds is 5. The van der Waals surface area contributed by atoms with Crippen LogP contribution in [0.4, 0.5) is 11.4 Å². The Morgan fingerprint density at radius 3 is 2.38 bits per heavy atom. The van der Waals surface area contributed by atoms with Gasteiger partial charge in [-0.25, -0.2) is 8.42 Å². The van der Waals surface area contributed by atoms with Crippen molar-refractivity contribution in [3.05, 3.63) is 45.6 Å². The summed E-state index contributed by atoms with van der Waals surface area (Å²) in [4.78, 5) is 2.60. The van der Waals surface area contributed by atoms with Gasteiger partial charge in [0.15, 0.2) is 0 Å². The van der Waals surface area contributed by atoms with Gasteiger partial charge in [0.2, 0.25) is 10.0 Å². The van der Waals surface area contributed by atoms with E-state index in [1.54, 1.807) is 23.5 Å². The molecule has 0 aliphatic carbocycles. The normalized spacial score (nSPS) is 13.0. The maximum Gasteiger partial charge on any atom is 0.229 e. The highest BCUT2D eigenvalue weighted by molar-refractivity contribution is 7.92. The topological polar surface area (TPSA) is 58.2 Å². The molecule has 1 aromatic carbocycles. The van der Waals surface area contributed by atoms with Gasteiger partial charge in [-0.3, -0.25) is 4.72 Å². The molecule has 2 N–H and O–H groups in total. The number of hydrogen-bond acceptors (Lipinski definition) is 4. The Hall–Kier alpha value is -1.53. The standard InChI is InChI=1S/C15H20N2O2S2/c1-10-8-15(12(3)20-10)11(2)16-13-6-5-7-14(9-13)17-21(4,18)19/h5-9,11,16-17H,1-4H3. The summed E-state index contributed by atoms with van der Waals surface area (Å²) < 4.78 is 25.0. The smallest absolute Gasteiger partial charge is 0.229 e. The third kappa shape index (κ3) is 4.47. The Morgan fingerprint density at radius 2 is 1.81 bits per heavy atom. The van der Waals surface area contributed by atoms with Crippen molar-refractivity contribution in [1.29, 1.82) is 0 Å². The highest BCUT2D eigenvalue weighted by atomic mass is 32.2. The molecule has 1 atom stereocenters. The van der Waals surface area contributed by atoms with E-state index in [1.165, 1.54) is 15.3 Å². The molecule has 0 radical (unpaired) electrons. The lowest BCUT2D eigenvalue weighted by Crippen LogP contribution is -2.10. The van der Waals surface area contributed by atoms with Crippen molar-refractivity contribution in [1.82, 2.24) is 0 Å². The predicted molar refractivity (Wildman–Crippen MR) is 90.7 cm³/mol. The third-order valence-electron chi connectivity index (χ3n) is 3.09. The number of sulfonamides is 1. The second-order valence-corrected chi connectivity index (χ2v) is 8.40. The number of benzene rings is 1. The molecule has 0 spiro atoms. The number of nitrogens with one attached hydrogen (secondary N) is 2. The van der Waals surface area contributed by atoms with Gasteiger partial charge in [0.25, 0.3) is 0 Å². The van der Waals surface area contributed by atoms with Gasteiger partial charge in [-0.15, -0.1) is 11.3 Å². The van der Waals surface area contributed by atoms with E-state index in [4.69, 9.17) is 0 Å². The minimum atomic E-state index is -3.25. The second-order valence-electron chi connectivity index (χ2n) is 5.19. The lowest BCUT2D eigenvalue weighted by molar-refractivity contribution is 0.607. The Bertz CT molecular complexity index is 736. The molecule has 2 aromatic rings. The monoisotopic (exact) mass is 324 g/mol. The highest BCUT2D eigenvalue weighted by Crippen LogP contribution is 2.29. The Labute approximate surface area is 130 Å². The second kappa shape index (κ2) is 6.07. The van der Waals surface area contributed by atoms with Gasteiger partial charge in [0, 0.05) is 21.5 Å². The van der Waals surface area contributed by atoms with E-state index in [1.807, 2.05) is 12.1 Å². The Balaban J connectivity index is 2.16. The summed E-state index contributed by atoms with van der Waals surface area (Å²) in [5.41, 5.74) is 2.73. The van der Waals surface area contributed by atoms with Gasteiger partial charge < -0.3 is 5.32 Å². The van der Waals surface area contributed by atoms with Crippen LogP contribution in [0.15, 0.2) is 30.3 Å². The van der Waals surface area contributed by atoms with Crippen molar-refractivity contribution in [3.63, 3.8) is 0 Å². The van der Waals surface area contributed by atoms with Gasteiger partial charge in [0.1, 0.15) is 0 Å². The van der Waals surface area contributed by atoms with Crippen molar-refractivity contribution in [2.24, 2.45) is 0 Å². The van der Waals surface area contributed by atoms with Gasteiger partial charge in [-0.05, 0) is 50.6 Å². The van der Waals surface area contributed by atoms with E-state index >= 15 is 0 Å². The highest BCUT2D eigenvalue weighted by Gasteiger charge is 2.11. The van der Waals surface area contributed by atoms with Crippen LogP contribution in [0.5, 0.6) is 0 Å². The molecular formula is C15H20N2O2S2. The van der Waals surface area contributed by atoms with Crippen LogP contribution in [0.2, 0.25) is 0 Å². The zero-order chi connectivity index (χ0) is 15.6. The average Bonchev–Trinajstić information content (AvgIpc) is 2.66. The van der Waals surface area contributed by atoms with E-state index in [9.17, 15) is 8.42 Å². The van der Waals surface area contributed by atoms with Crippen LogP contribution >= 0.6 is 11.3 Å². The maximum absolute atomic E-state index is 11.3. The number of anilines is 2. The van der Waals surface area contributed by atoms with Gasteiger partial charge in [0.05, 0.1) is 11.9 Å². The zero-order valence-corrected chi connectivity index (χ0v) is 14.2. The first kappa shape index (κ1) is 15.9. The molecule has 6 heteroatoms. The van der Waals surface area contributed by atoms with Crippen molar-refractivity contribution in [2.75, 3.05) is 16.3 Å². The first-order valence-corrected chi connectivity index (χ1v) is 9.37. The fraction of sp³-hybridized carbons (Fsp3) is 0.333. The molecule has 0 bridgehead atoms. The van der Waals surface area contributed by atoms with Crippen LogP contribution < -0.4 is 10.0 Å². The van der Waals surface area contributed by atoms with Crippen molar-refractivity contribution in [3.8, 4) is 0 Å². The van der Waals surface area contributed by atoms with E-state index in [-0.39, 0.29) is 6.04 Å². The van der Waals surface area contributed by atoms with Crippen molar-refractivity contribution < 1.29 is 8.42 Å². The number of thiophene rings is 1. The molecule has 0 amide bonds. The minimum absolute atomic E-state index is 0.170. The lowest BCUT2D eigenvalue weighted by atomic mass is 10.1. The number of hydrogen-bond donors (Lipinski definition) is 2. The van der Waals surface area contributed by atoms with Crippen LogP contribution in [0.3, 0.4) is 0 Å². The molecule has 4 nitrogen and oxygen atoms in total. The molecule has 1 aromatic heterocycles. The molecular weight excluding hydrogens is 304 g/mol. The van der Waals surface area contributed by atoms with E-state index < -0.39 is 10.0 Å². The molecule has 0 saturated carbocycles. The molecule has 0 fully saturated rings. The zero-order valence-electron chi connectivity index (χ0n) is 12.6. The number of aryl methyl sites for hydroxylation is 2. The minimum Gasteiger partial charge on any atom is -0.378 e. The van der Waals surface area contributed by atoms with Crippen LogP contribution in [0.1, 0.15) is 28.3 Å². The summed E-state index contributed by atoms with van der Waals surface area (Å²) in [6, 6.07) is 9.65. The fourth-order valence-corrected chi connectivity index (χ4v) is 3.87. The molecule has 114 valence electrons. The largest absolute Gasteiger partial charge is 0.378 e. The third-order valence-corrected chi connectivity index (χ3v) is 4.68.